The van der Waals surface area contributed by atoms with Gasteiger partial charge in [-0.15, -0.1) is 0 Å². The Morgan fingerprint density at radius 3 is 2.73 bits per heavy atom. The molecule has 114 valence electrons. The molecule has 2 aromatic rings. The number of benzene rings is 1. The summed E-state index contributed by atoms with van der Waals surface area (Å²) in [6, 6.07) is 10.2. The Kier molecular flexibility index (Phi) is 5.20. The van der Waals surface area contributed by atoms with E-state index in [1.807, 2.05) is 31.2 Å². The smallest absolute Gasteiger partial charge is 0.142 e. The van der Waals surface area contributed by atoms with Crippen molar-refractivity contribution in [2.45, 2.75) is 33.6 Å². The summed E-state index contributed by atoms with van der Waals surface area (Å²) in [5, 5.41) is 9.49. The van der Waals surface area contributed by atoms with E-state index in [1.54, 1.807) is 0 Å². The van der Waals surface area contributed by atoms with E-state index in [2.05, 4.69) is 40.8 Å². The number of rotatable bonds is 4. The number of anilines is 1. The summed E-state index contributed by atoms with van der Waals surface area (Å²) >= 11 is 3.49. The van der Waals surface area contributed by atoms with Crippen molar-refractivity contribution in [1.29, 1.82) is 5.26 Å². The van der Waals surface area contributed by atoms with Crippen LogP contribution < -0.4 is 5.73 Å². The van der Waals surface area contributed by atoms with Crippen LogP contribution in [0.25, 0.3) is 11.1 Å². The topological polar surface area (TPSA) is 62.7 Å². The van der Waals surface area contributed by atoms with Gasteiger partial charge >= 0.3 is 0 Å². The molecular weight excluding hydrogens is 338 g/mol. The minimum atomic E-state index is 0.321. The van der Waals surface area contributed by atoms with E-state index in [9.17, 15) is 5.26 Å². The molecule has 2 N–H and O–H groups in total. The second kappa shape index (κ2) is 6.93. The second-order valence-electron chi connectivity index (χ2n) is 5.66. The van der Waals surface area contributed by atoms with Crippen molar-refractivity contribution in [1.82, 2.24) is 4.98 Å². The molecule has 0 saturated carbocycles. The molecule has 0 aliphatic carbocycles. The summed E-state index contributed by atoms with van der Waals surface area (Å²) in [6.45, 7) is 6.40. The quantitative estimate of drug-likeness (QED) is 0.849. The average molecular weight is 358 g/mol. The SMILES string of the molecule is CC[C@H](C)Cc1nc(N)c(C#N)c(-c2cccc(Br)c2)c1C. The zero-order chi connectivity index (χ0) is 16.3. The summed E-state index contributed by atoms with van der Waals surface area (Å²) in [7, 11) is 0. The number of hydrogen-bond acceptors (Lipinski definition) is 3. The first-order valence-corrected chi connectivity index (χ1v) is 8.22. The standard InChI is InChI=1S/C18H20BrN3/c1-4-11(2)8-16-12(3)17(15(10-20)18(21)22-16)13-6-5-7-14(19)9-13/h5-7,9,11H,4,8H2,1-3H3,(H2,21,22)/t11-/m0/s1. The van der Waals surface area contributed by atoms with Gasteiger partial charge in [-0.25, -0.2) is 4.98 Å². The van der Waals surface area contributed by atoms with Gasteiger partial charge in [-0.3, -0.25) is 0 Å². The van der Waals surface area contributed by atoms with Crippen LogP contribution in [0.3, 0.4) is 0 Å². The molecular formula is C18H20BrN3. The molecule has 0 fully saturated rings. The maximum Gasteiger partial charge on any atom is 0.142 e. The molecule has 1 aromatic carbocycles. The molecule has 3 nitrogen and oxygen atoms in total. The highest BCUT2D eigenvalue weighted by molar-refractivity contribution is 9.10. The third-order valence-electron chi connectivity index (χ3n) is 4.03. The van der Waals surface area contributed by atoms with E-state index in [-0.39, 0.29) is 0 Å². The van der Waals surface area contributed by atoms with Crippen molar-refractivity contribution in [3.8, 4) is 17.2 Å². The number of nitrogens with two attached hydrogens (primary N) is 1. The monoisotopic (exact) mass is 357 g/mol. The van der Waals surface area contributed by atoms with Crippen LogP contribution in [0.4, 0.5) is 5.82 Å². The number of halogens is 1. The molecule has 0 bridgehead atoms. The highest BCUT2D eigenvalue weighted by Gasteiger charge is 2.18. The lowest BCUT2D eigenvalue weighted by Gasteiger charge is -2.17. The predicted molar refractivity (Wildman–Crippen MR) is 94.4 cm³/mol. The third-order valence-corrected chi connectivity index (χ3v) is 4.53. The minimum absolute atomic E-state index is 0.321. The number of nitrogens with zero attached hydrogens (tertiary/aromatic N) is 2. The minimum Gasteiger partial charge on any atom is -0.383 e. The Hall–Kier alpha value is -1.86. The lowest BCUT2D eigenvalue weighted by molar-refractivity contribution is 0.551. The third kappa shape index (κ3) is 3.31. The number of nitriles is 1. The van der Waals surface area contributed by atoms with Crippen LogP contribution in [0.5, 0.6) is 0 Å². The Bertz CT molecular complexity index is 732. The van der Waals surface area contributed by atoms with Gasteiger partial charge in [0, 0.05) is 15.7 Å². The first kappa shape index (κ1) is 16.5. The molecule has 0 spiro atoms. The zero-order valence-electron chi connectivity index (χ0n) is 13.2. The van der Waals surface area contributed by atoms with E-state index in [4.69, 9.17) is 5.73 Å². The normalized spacial score (nSPS) is 12.0. The van der Waals surface area contributed by atoms with Crippen molar-refractivity contribution in [3.05, 3.63) is 45.6 Å². The fraction of sp³-hybridized carbons (Fsp3) is 0.333. The Morgan fingerprint density at radius 2 is 2.14 bits per heavy atom. The van der Waals surface area contributed by atoms with Crippen molar-refractivity contribution in [2.75, 3.05) is 5.73 Å². The number of aromatic nitrogens is 1. The zero-order valence-corrected chi connectivity index (χ0v) is 14.7. The van der Waals surface area contributed by atoms with E-state index in [0.717, 1.165) is 39.7 Å². The van der Waals surface area contributed by atoms with Gasteiger partial charge in [-0.2, -0.15) is 5.26 Å². The van der Waals surface area contributed by atoms with Gasteiger partial charge < -0.3 is 5.73 Å². The molecule has 0 aliphatic heterocycles. The maximum atomic E-state index is 9.49. The molecule has 0 radical (unpaired) electrons. The van der Waals surface area contributed by atoms with Crippen LogP contribution in [-0.2, 0) is 6.42 Å². The highest BCUT2D eigenvalue weighted by Crippen LogP contribution is 2.33. The van der Waals surface area contributed by atoms with Crippen molar-refractivity contribution < 1.29 is 0 Å². The molecule has 1 aromatic heterocycles. The highest BCUT2D eigenvalue weighted by atomic mass is 79.9. The average Bonchev–Trinajstić information content (AvgIpc) is 2.49. The summed E-state index contributed by atoms with van der Waals surface area (Å²) in [5.41, 5.74) is 10.4. The van der Waals surface area contributed by atoms with Crippen molar-refractivity contribution in [2.24, 2.45) is 5.92 Å². The molecule has 0 unspecified atom stereocenters. The van der Waals surface area contributed by atoms with Crippen LogP contribution in [0, 0.1) is 24.2 Å². The summed E-state index contributed by atoms with van der Waals surface area (Å²) in [6.07, 6.45) is 1.96. The Labute approximate surface area is 140 Å². The molecule has 4 heteroatoms. The number of nitrogen functional groups attached to an aromatic ring is 1. The predicted octanol–water partition coefficient (Wildman–Crippen LogP) is 4.86. The second-order valence-corrected chi connectivity index (χ2v) is 6.57. The van der Waals surface area contributed by atoms with Crippen LogP contribution in [0.2, 0.25) is 0 Å². The molecule has 1 atom stereocenters. The molecule has 0 saturated heterocycles. The van der Waals surface area contributed by atoms with Gasteiger partial charge in [0.2, 0.25) is 0 Å². The fourth-order valence-electron chi connectivity index (χ4n) is 2.54. The lowest BCUT2D eigenvalue weighted by Crippen LogP contribution is -2.09. The van der Waals surface area contributed by atoms with Gasteiger partial charge in [0.25, 0.3) is 0 Å². The van der Waals surface area contributed by atoms with E-state index >= 15 is 0 Å². The molecule has 22 heavy (non-hydrogen) atoms. The molecule has 2 rings (SSSR count). The Morgan fingerprint density at radius 1 is 1.41 bits per heavy atom. The number of hydrogen-bond donors (Lipinski definition) is 1. The van der Waals surface area contributed by atoms with Crippen LogP contribution in [-0.4, -0.2) is 4.98 Å². The van der Waals surface area contributed by atoms with E-state index < -0.39 is 0 Å². The van der Waals surface area contributed by atoms with Gasteiger partial charge in [0.05, 0.1) is 0 Å². The fourth-order valence-corrected chi connectivity index (χ4v) is 2.94. The maximum absolute atomic E-state index is 9.49. The molecule has 0 amide bonds. The van der Waals surface area contributed by atoms with E-state index in [1.165, 1.54) is 0 Å². The van der Waals surface area contributed by atoms with Gasteiger partial charge in [-0.05, 0) is 42.5 Å². The molecule has 1 heterocycles. The lowest BCUT2D eigenvalue weighted by atomic mass is 9.91. The van der Waals surface area contributed by atoms with Crippen molar-refractivity contribution in [3.63, 3.8) is 0 Å². The molecule has 0 aliphatic rings. The first-order valence-electron chi connectivity index (χ1n) is 7.42. The van der Waals surface area contributed by atoms with Gasteiger partial charge in [0.1, 0.15) is 17.5 Å². The van der Waals surface area contributed by atoms with Crippen LogP contribution in [0.15, 0.2) is 28.7 Å². The van der Waals surface area contributed by atoms with Crippen LogP contribution >= 0.6 is 15.9 Å². The summed E-state index contributed by atoms with van der Waals surface area (Å²) in [4.78, 5) is 4.48. The number of pyridine rings is 1. The van der Waals surface area contributed by atoms with Gasteiger partial charge in [0.15, 0.2) is 0 Å². The Balaban J connectivity index is 2.67. The largest absolute Gasteiger partial charge is 0.383 e. The summed E-state index contributed by atoms with van der Waals surface area (Å²) in [5.74, 6) is 0.857. The first-order chi connectivity index (χ1) is 10.5. The van der Waals surface area contributed by atoms with E-state index in [0.29, 0.717) is 17.3 Å². The van der Waals surface area contributed by atoms with Gasteiger partial charge in [-0.1, -0.05) is 48.3 Å². The summed E-state index contributed by atoms with van der Waals surface area (Å²) < 4.78 is 0.979. The van der Waals surface area contributed by atoms with Crippen molar-refractivity contribution >= 4 is 21.7 Å². The van der Waals surface area contributed by atoms with Crippen LogP contribution in [0.1, 0.15) is 37.1 Å².